The molecule has 41 heavy (non-hydrogen) atoms. The quantitative estimate of drug-likeness (QED) is 0.167. The topological polar surface area (TPSA) is 81.6 Å². The zero-order valence-corrected chi connectivity index (χ0v) is 26.8. The van der Waals surface area contributed by atoms with Gasteiger partial charge in [-0.1, -0.05) is 98.4 Å². The van der Waals surface area contributed by atoms with Crippen molar-refractivity contribution in [3.05, 3.63) is 59.7 Å². The number of anilines is 1. The number of nitrogens with one attached hydrogen (secondary N) is 1. The van der Waals surface area contributed by atoms with Gasteiger partial charge < -0.3 is 19.7 Å². The average Bonchev–Trinajstić information content (AvgIpc) is 2.95. The van der Waals surface area contributed by atoms with E-state index in [2.05, 4.69) is 38.0 Å². The molecule has 6 nitrogen and oxygen atoms in total. The summed E-state index contributed by atoms with van der Waals surface area (Å²) in [5, 5.41) is 13.7. The molecule has 0 spiro atoms. The van der Waals surface area contributed by atoms with E-state index in [9.17, 15) is 14.7 Å². The smallest absolute Gasteiger partial charge is 0.229 e. The molecule has 0 aliphatic heterocycles. The van der Waals surface area contributed by atoms with Crippen LogP contribution in [0.4, 0.5) is 11.4 Å². The standard InChI is InChI=1S/C19H20N2O3.C16H36N/c1-19(2,3)18(24)21-16-9-4-6-13(10-16)12-20-15-8-5-7-14(11-15)17(22)23;1-5-9-13-17(14-10-6-2,15-11-7-3)16-12-8-4/h4-12H,1-3H3,(H,21,24)(H,22,23);5-16H2,1-4H3/q;+1/p-1. The van der Waals surface area contributed by atoms with E-state index in [1.165, 1.54) is 94.2 Å². The largest absolute Gasteiger partial charge is 0.545 e. The van der Waals surface area contributed by atoms with Crippen LogP contribution in [-0.2, 0) is 4.79 Å². The van der Waals surface area contributed by atoms with Gasteiger partial charge in [-0.2, -0.15) is 0 Å². The minimum absolute atomic E-state index is 0.0711. The Hall–Kier alpha value is -2.99. The van der Waals surface area contributed by atoms with Crippen molar-refractivity contribution in [3.63, 3.8) is 0 Å². The van der Waals surface area contributed by atoms with E-state index in [1.807, 2.05) is 32.9 Å². The zero-order chi connectivity index (χ0) is 30.7. The highest BCUT2D eigenvalue weighted by molar-refractivity contribution is 5.95. The number of nitrogens with zero attached hydrogens (tertiary/aromatic N) is 2. The Bertz CT molecular complexity index is 1030. The zero-order valence-electron chi connectivity index (χ0n) is 26.8. The number of hydrogen-bond acceptors (Lipinski definition) is 4. The van der Waals surface area contributed by atoms with Crippen molar-refractivity contribution in [2.24, 2.45) is 10.4 Å². The molecule has 1 amide bonds. The maximum absolute atomic E-state index is 12.0. The maximum Gasteiger partial charge on any atom is 0.229 e. The van der Waals surface area contributed by atoms with E-state index in [0.717, 1.165) is 5.56 Å². The fraction of sp³-hybridized carbons (Fsp3) is 0.571. The first-order valence-corrected chi connectivity index (χ1v) is 15.6. The van der Waals surface area contributed by atoms with Crippen molar-refractivity contribution in [2.75, 3.05) is 31.5 Å². The van der Waals surface area contributed by atoms with Gasteiger partial charge in [0, 0.05) is 17.3 Å². The Labute approximate surface area is 249 Å². The van der Waals surface area contributed by atoms with Crippen molar-refractivity contribution in [3.8, 4) is 0 Å². The third-order valence-electron chi connectivity index (χ3n) is 7.21. The van der Waals surface area contributed by atoms with E-state index >= 15 is 0 Å². The summed E-state index contributed by atoms with van der Waals surface area (Å²) < 4.78 is 1.42. The number of unbranched alkanes of at least 4 members (excludes halogenated alkanes) is 4. The summed E-state index contributed by atoms with van der Waals surface area (Å²) >= 11 is 0. The lowest BCUT2D eigenvalue weighted by molar-refractivity contribution is -0.929. The minimum atomic E-state index is -1.24. The van der Waals surface area contributed by atoms with Gasteiger partial charge >= 0.3 is 0 Å². The fourth-order valence-electron chi connectivity index (χ4n) is 4.52. The molecule has 2 aromatic rings. The third kappa shape index (κ3) is 14.5. The summed E-state index contributed by atoms with van der Waals surface area (Å²) in [6.45, 7) is 20.6. The SMILES string of the molecule is CC(C)(C)C(=O)Nc1cccc(C=Nc2cccc(C(=O)[O-])c2)c1.CCCC[N+](CCCC)(CCCC)CCCC. The lowest BCUT2D eigenvalue weighted by Crippen LogP contribution is -2.50. The van der Waals surface area contributed by atoms with Crippen LogP contribution in [0.2, 0.25) is 0 Å². The van der Waals surface area contributed by atoms with Gasteiger partial charge in [-0.3, -0.25) is 9.79 Å². The number of quaternary nitrogens is 1. The summed E-state index contributed by atoms with van der Waals surface area (Å²) in [5.41, 5.74) is 1.59. The highest BCUT2D eigenvalue weighted by atomic mass is 16.4. The van der Waals surface area contributed by atoms with Gasteiger partial charge in [-0.15, -0.1) is 0 Å². The van der Waals surface area contributed by atoms with Crippen LogP contribution in [0.25, 0.3) is 0 Å². The molecule has 2 aromatic carbocycles. The van der Waals surface area contributed by atoms with Crippen LogP contribution < -0.4 is 10.4 Å². The van der Waals surface area contributed by atoms with Gasteiger partial charge in [0.05, 0.1) is 37.8 Å². The van der Waals surface area contributed by atoms with Crippen molar-refractivity contribution in [1.29, 1.82) is 0 Å². The predicted octanol–water partition coefficient (Wildman–Crippen LogP) is 7.79. The number of carboxylic acids is 1. The molecule has 0 fully saturated rings. The molecule has 2 rings (SSSR count). The monoisotopic (exact) mass is 565 g/mol. The van der Waals surface area contributed by atoms with Crippen molar-refractivity contribution >= 4 is 29.5 Å². The summed E-state index contributed by atoms with van der Waals surface area (Å²) in [7, 11) is 0. The van der Waals surface area contributed by atoms with Crippen LogP contribution in [0.5, 0.6) is 0 Å². The number of carbonyl (C=O) groups excluding carboxylic acids is 2. The molecular weight excluding hydrogens is 510 g/mol. The van der Waals surface area contributed by atoms with Gasteiger partial charge in [-0.25, -0.2) is 0 Å². The van der Waals surface area contributed by atoms with Crippen LogP contribution in [0, 0.1) is 5.41 Å². The lowest BCUT2D eigenvalue weighted by atomic mass is 9.95. The first-order chi connectivity index (χ1) is 19.5. The molecule has 1 N–H and O–H groups in total. The molecule has 0 bridgehead atoms. The number of aromatic carboxylic acids is 1. The highest BCUT2D eigenvalue weighted by Crippen LogP contribution is 2.19. The van der Waals surface area contributed by atoms with E-state index in [1.54, 1.807) is 30.5 Å². The summed E-state index contributed by atoms with van der Waals surface area (Å²) in [5.74, 6) is -1.31. The number of hydrogen-bond donors (Lipinski definition) is 1. The van der Waals surface area contributed by atoms with E-state index in [-0.39, 0.29) is 11.5 Å². The summed E-state index contributed by atoms with van der Waals surface area (Å²) in [6.07, 6.45) is 12.7. The van der Waals surface area contributed by atoms with Crippen molar-refractivity contribution < 1.29 is 19.2 Å². The van der Waals surface area contributed by atoms with Crippen LogP contribution in [0.1, 0.15) is 116 Å². The Kier molecular flexibility index (Phi) is 16.9. The molecule has 0 unspecified atom stereocenters. The second-order valence-electron chi connectivity index (χ2n) is 12.1. The number of rotatable bonds is 16. The minimum Gasteiger partial charge on any atom is -0.545 e. The van der Waals surface area contributed by atoms with Gasteiger partial charge in [0.2, 0.25) is 5.91 Å². The highest BCUT2D eigenvalue weighted by Gasteiger charge is 2.24. The van der Waals surface area contributed by atoms with Gasteiger partial charge in [0.1, 0.15) is 0 Å². The molecule has 0 atom stereocenters. The van der Waals surface area contributed by atoms with Crippen molar-refractivity contribution in [2.45, 2.75) is 99.8 Å². The van der Waals surface area contributed by atoms with E-state index in [4.69, 9.17) is 0 Å². The number of amides is 1. The average molecular weight is 566 g/mol. The molecular formula is C35H55N3O3. The molecule has 6 heteroatoms. The number of benzene rings is 2. The second-order valence-corrected chi connectivity index (χ2v) is 12.1. The Morgan fingerprint density at radius 2 is 1.32 bits per heavy atom. The number of aliphatic imine (C=N–C) groups is 1. The number of carboxylic acid groups (broad SMARTS) is 1. The van der Waals surface area contributed by atoms with Crippen LogP contribution >= 0.6 is 0 Å². The van der Waals surface area contributed by atoms with Crippen LogP contribution in [-0.4, -0.2) is 48.8 Å². The molecule has 0 radical (unpaired) electrons. The third-order valence-corrected chi connectivity index (χ3v) is 7.21. The van der Waals surface area contributed by atoms with Gasteiger partial charge in [-0.05, 0) is 61.1 Å². The Morgan fingerprint density at radius 3 is 1.78 bits per heavy atom. The molecule has 0 aliphatic rings. The molecule has 0 saturated carbocycles. The fourth-order valence-corrected chi connectivity index (χ4v) is 4.52. The van der Waals surface area contributed by atoms with Crippen LogP contribution in [0.3, 0.4) is 0 Å². The molecule has 0 aromatic heterocycles. The summed E-state index contributed by atoms with van der Waals surface area (Å²) in [4.78, 5) is 27.1. The first kappa shape index (κ1) is 36.0. The lowest BCUT2D eigenvalue weighted by Gasteiger charge is -2.39. The Morgan fingerprint density at radius 1 is 0.805 bits per heavy atom. The molecule has 228 valence electrons. The van der Waals surface area contributed by atoms with E-state index < -0.39 is 11.4 Å². The van der Waals surface area contributed by atoms with Crippen LogP contribution in [0.15, 0.2) is 53.5 Å². The first-order valence-electron chi connectivity index (χ1n) is 15.6. The predicted molar refractivity (Wildman–Crippen MR) is 172 cm³/mol. The second kappa shape index (κ2) is 19.2. The molecule has 0 aliphatic carbocycles. The van der Waals surface area contributed by atoms with Crippen molar-refractivity contribution in [1.82, 2.24) is 0 Å². The Balaban J connectivity index is 0.000000438. The molecule has 0 heterocycles. The number of carbonyl (C=O) groups is 2. The van der Waals surface area contributed by atoms with E-state index in [0.29, 0.717) is 11.4 Å². The normalized spacial score (nSPS) is 11.7. The molecule has 0 saturated heterocycles. The summed E-state index contributed by atoms with van der Waals surface area (Å²) in [6, 6.07) is 13.5. The van der Waals surface area contributed by atoms with Gasteiger partial charge in [0.15, 0.2) is 0 Å². The maximum atomic E-state index is 12.0. The van der Waals surface area contributed by atoms with Gasteiger partial charge in [0.25, 0.3) is 0 Å².